The molecule has 0 saturated carbocycles. The Kier molecular flexibility index (Phi) is 7.29. The number of allylic oxidation sites excluding steroid dienone is 1. The summed E-state index contributed by atoms with van der Waals surface area (Å²) in [5.41, 5.74) is 8.79. The number of hydrogen-bond donors (Lipinski definition) is 1. The maximum Gasteiger partial charge on any atom is 0.355 e. The van der Waals surface area contributed by atoms with Crippen LogP contribution < -0.4 is 19.9 Å². The van der Waals surface area contributed by atoms with Crippen LogP contribution in [-0.2, 0) is 6.61 Å². The van der Waals surface area contributed by atoms with E-state index >= 15 is 0 Å². The van der Waals surface area contributed by atoms with Crippen molar-refractivity contribution in [1.29, 1.82) is 5.26 Å². The van der Waals surface area contributed by atoms with Crippen LogP contribution in [0.3, 0.4) is 0 Å². The number of carbonyl (C=O) groups is 1. The maximum absolute atomic E-state index is 13.0. The van der Waals surface area contributed by atoms with Crippen LogP contribution in [0.4, 0.5) is 0 Å². The number of fused-ring (bicyclic) bond motifs is 2. The number of rotatable bonds is 6. The van der Waals surface area contributed by atoms with Gasteiger partial charge in [-0.3, -0.25) is 0 Å². The Morgan fingerprint density at radius 2 is 1.78 bits per heavy atom. The summed E-state index contributed by atoms with van der Waals surface area (Å²) in [5, 5.41) is 11.7. The normalized spacial score (nSPS) is 14.2. The van der Waals surface area contributed by atoms with Crippen LogP contribution >= 0.6 is 34.5 Å². The van der Waals surface area contributed by atoms with Gasteiger partial charge in [0.15, 0.2) is 0 Å². The molecule has 0 fully saturated rings. The second-order valence-corrected chi connectivity index (χ2v) is 11.0. The lowest BCUT2D eigenvalue weighted by molar-refractivity contribution is 0.0740. The van der Waals surface area contributed by atoms with Gasteiger partial charge in [0.1, 0.15) is 40.4 Å². The lowest BCUT2D eigenvalue weighted by Crippen LogP contribution is -2.21. The Morgan fingerprint density at radius 1 is 0.976 bits per heavy atom. The number of nitrogens with zero attached hydrogens (tertiary/aromatic N) is 1. The Morgan fingerprint density at radius 3 is 2.59 bits per heavy atom. The first-order valence-electron chi connectivity index (χ1n) is 12.5. The van der Waals surface area contributed by atoms with Crippen LogP contribution in [-0.4, -0.2) is 5.97 Å². The molecule has 1 aliphatic heterocycles. The van der Waals surface area contributed by atoms with Crippen molar-refractivity contribution in [3.63, 3.8) is 0 Å². The van der Waals surface area contributed by atoms with Gasteiger partial charge in [0.05, 0.1) is 10.9 Å². The number of benzene rings is 4. The highest BCUT2D eigenvalue weighted by Gasteiger charge is 2.31. The van der Waals surface area contributed by atoms with E-state index < -0.39 is 11.9 Å². The lowest BCUT2D eigenvalue weighted by Gasteiger charge is -2.27. The number of carbonyl (C=O) groups excluding carboxylic acids is 1. The molecule has 0 amide bonds. The van der Waals surface area contributed by atoms with E-state index in [0.717, 1.165) is 21.2 Å². The summed E-state index contributed by atoms with van der Waals surface area (Å²) in [6.45, 7) is 0.287. The first kappa shape index (κ1) is 26.7. The van der Waals surface area contributed by atoms with E-state index in [1.54, 1.807) is 18.2 Å². The van der Waals surface area contributed by atoms with Crippen LogP contribution in [0.5, 0.6) is 17.2 Å². The average Bonchev–Trinajstić information content (AvgIpc) is 3.32. The molecule has 1 aliphatic rings. The molecule has 2 heterocycles. The smallest absolute Gasteiger partial charge is 0.355 e. The van der Waals surface area contributed by atoms with Gasteiger partial charge < -0.3 is 19.9 Å². The molecular weight excluding hydrogens is 579 g/mol. The second-order valence-electron chi connectivity index (χ2n) is 9.21. The molecule has 5 aromatic rings. The standard InChI is InChI=1S/C32H20Cl2N2O4S/c33-25-10-3-1-6-19(25)17-38-20-8-5-7-18(14-20)28-22-13-12-21(15-26(22)40-31(36)24(28)16-35)39-32(37)30-29(34)23-9-2-4-11-27(23)41-30/h1-15,28H,17,36H2. The molecule has 41 heavy (non-hydrogen) atoms. The molecule has 1 aromatic heterocycles. The molecule has 202 valence electrons. The highest BCUT2D eigenvalue weighted by atomic mass is 35.5. The van der Waals surface area contributed by atoms with Gasteiger partial charge in [0.25, 0.3) is 0 Å². The number of nitriles is 1. The minimum Gasteiger partial charge on any atom is -0.489 e. The van der Waals surface area contributed by atoms with E-state index in [-0.39, 0.29) is 23.8 Å². The van der Waals surface area contributed by atoms with Gasteiger partial charge in [0, 0.05) is 32.3 Å². The zero-order valence-corrected chi connectivity index (χ0v) is 23.6. The second kappa shape index (κ2) is 11.2. The largest absolute Gasteiger partial charge is 0.489 e. The van der Waals surface area contributed by atoms with Gasteiger partial charge in [-0.05, 0) is 35.9 Å². The quantitative estimate of drug-likeness (QED) is 0.156. The van der Waals surface area contributed by atoms with Crippen molar-refractivity contribution in [3.8, 4) is 23.3 Å². The molecular formula is C32H20Cl2N2O4S. The van der Waals surface area contributed by atoms with Gasteiger partial charge in [0.2, 0.25) is 5.88 Å². The monoisotopic (exact) mass is 598 g/mol. The molecule has 0 radical (unpaired) electrons. The number of hydrogen-bond acceptors (Lipinski definition) is 7. The first-order valence-corrected chi connectivity index (χ1v) is 14.1. The molecule has 0 spiro atoms. The van der Waals surface area contributed by atoms with E-state index in [4.69, 9.17) is 43.1 Å². The fourth-order valence-electron chi connectivity index (χ4n) is 4.70. The summed E-state index contributed by atoms with van der Waals surface area (Å²) in [4.78, 5) is 13.3. The fourth-order valence-corrected chi connectivity index (χ4v) is 6.28. The molecule has 0 bridgehead atoms. The van der Waals surface area contributed by atoms with Crippen molar-refractivity contribution in [1.82, 2.24) is 0 Å². The number of halogens is 2. The molecule has 0 aliphatic carbocycles. The van der Waals surface area contributed by atoms with E-state index in [2.05, 4.69) is 6.07 Å². The third kappa shape index (κ3) is 5.21. The molecule has 0 saturated heterocycles. The summed E-state index contributed by atoms with van der Waals surface area (Å²) in [7, 11) is 0. The highest BCUT2D eigenvalue weighted by molar-refractivity contribution is 7.21. The molecule has 1 atom stereocenters. The van der Waals surface area contributed by atoms with Crippen LogP contribution in [0.2, 0.25) is 10.0 Å². The molecule has 4 aromatic carbocycles. The summed E-state index contributed by atoms with van der Waals surface area (Å²) < 4.78 is 18.4. The van der Waals surface area contributed by atoms with Gasteiger partial charge in [-0.15, -0.1) is 11.3 Å². The Hall–Kier alpha value is -4.48. The van der Waals surface area contributed by atoms with E-state index in [0.29, 0.717) is 32.0 Å². The lowest BCUT2D eigenvalue weighted by atomic mass is 9.83. The van der Waals surface area contributed by atoms with Crippen molar-refractivity contribution in [2.45, 2.75) is 12.5 Å². The van der Waals surface area contributed by atoms with Crippen LogP contribution in [0.1, 0.15) is 32.3 Å². The van der Waals surface area contributed by atoms with Gasteiger partial charge >= 0.3 is 5.97 Å². The van der Waals surface area contributed by atoms with Crippen molar-refractivity contribution in [2.75, 3.05) is 0 Å². The average molecular weight is 599 g/mol. The maximum atomic E-state index is 13.0. The van der Waals surface area contributed by atoms with Crippen LogP contribution in [0.15, 0.2) is 102 Å². The van der Waals surface area contributed by atoms with Crippen molar-refractivity contribution in [3.05, 3.63) is 134 Å². The van der Waals surface area contributed by atoms with Crippen LogP contribution in [0, 0.1) is 11.3 Å². The summed E-state index contributed by atoms with van der Waals surface area (Å²) in [6, 6.07) is 29.6. The number of thiophene rings is 1. The summed E-state index contributed by atoms with van der Waals surface area (Å²) >= 11 is 14.0. The Balaban J connectivity index is 1.28. The minimum atomic E-state index is -0.576. The summed E-state index contributed by atoms with van der Waals surface area (Å²) in [6.07, 6.45) is 0. The Labute approximate surface area is 249 Å². The van der Waals surface area contributed by atoms with Crippen molar-refractivity contribution in [2.24, 2.45) is 5.73 Å². The van der Waals surface area contributed by atoms with Crippen LogP contribution in [0.25, 0.3) is 10.1 Å². The molecule has 6 nitrogen and oxygen atoms in total. The predicted molar refractivity (Wildman–Crippen MR) is 160 cm³/mol. The third-order valence-corrected chi connectivity index (χ3v) is 8.69. The zero-order chi connectivity index (χ0) is 28.5. The van der Waals surface area contributed by atoms with Gasteiger partial charge in [-0.25, -0.2) is 4.79 Å². The van der Waals surface area contributed by atoms with Gasteiger partial charge in [-0.2, -0.15) is 5.26 Å². The number of esters is 1. The topological polar surface area (TPSA) is 94.6 Å². The molecule has 2 N–H and O–H groups in total. The summed E-state index contributed by atoms with van der Waals surface area (Å²) in [5.74, 6) is 0.121. The molecule has 1 unspecified atom stereocenters. The van der Waals surface area contributed by atoms with E-state index in [1.807, 2.05) is 72.8 Å². The Bertz CT molecular complexity index is 1890. The minimum absolute atomic E-state index is 0.0246. The van der Waals surface area contributed by atoms with Gasteiger partial charge in [-0.1, -0.05) is 77.8 Å². The fraction of sp³-hybridized carbons (Fsp3) is 0.0625. The van der Waals surface area contributed by atoms with E-state index in [9.17, 15) is 10.1 Å². The first-order chi connectivity index (χ1) is 19.9. The third-order valence-electron chi connectivity index (χ3n) is 6.66. The van der Waals surface area contributed by atoms with Crippen molar-refractivity contribution >= 4 is 50.6 Å². The highest BCUT2D eigenvalue weighted by Crippen LogP contribution is 2.44. The molecule has 6 rings (SSSR count). The van der Waals surface area contributed by atoms with E-state index in [1.165, 1.54) is 11.3 Å². The van der Waals surface area contributed by atoms with Crippen molar-refractivity contribution < 1.29 is 19.0 Å². The predicted octanol–water partition coefficient (Wildman–Crippen LogP) is 8.22. The SMILES string of the molecule is N#CC1=C(N)Oc2cc(OC(=O)c3sc4ccccc4c3Cl)ccc2C1c1cccc(OCc2ccccc2Cl)c1. The number of ether oxygens (including phenoxy) is 3. The number of nitrogens with two attached hydrogens (primary N) is 1. The molecule has 9 heteroatoms. The zero-order valence-electron chi connectivity index (χ0n) is 21.3.